The SMILES string of the molecule is CC(C)n1c(CC(C)(C)O)cc2cccc(F)c21. The number of para-hydroxylation sites is 1. The van der Waals surface area contributed by atoms with E-state index >= 15 is 0 Å². The van der Waals surface area contributed by atoms with Gasteiger partial charge in [-0.1, -0.05) is 12.1 Å². The van der Waals surface area contributed by atoms with Gasteiger partial charge in [-0.2, -0.15) is 0 Å². The minimum atomic E-state index is -0.794. The van der Waals surface area contributed by atoms with E-state index in [0.29, 0.717) is 11.9 Å². The zero-order valence-corrected chi connectivity index (χ0v) is 11.4. The molecule has 0 aliphatic heterocycles. The first-order valence-corrected chi connectivity index (χ1v) is 6.30. The smallest absolute Gasteiger partial charge is 0.147 e. The second-order valence-electron chi connectivity index (χ2n) is 5.77. The summed E-state index contributed by atoms with van der Waals surface area (Å²) in [6.45, 7) is 7.59. The molecule has 0 aliphatic rings. The monoisotopic (exact) mass is 249 g/mol. The second kappa shape index (κ2) is 4.39. The molecule has 0 fully saturated rings. The third-order valence-electron chi connectivity index (χ3n) is 3.02. The number of nitrogens with zero attached hydrogens (tertiary/aromatic N) is 1. The Kier molecular flexibility index (Phi) is 3.20. The average molecular weight is 249 g/mol. The Balaban J connectivity index is 2.66. The minimum Gasteiger partial charge on any atom is -0.390 e. The van der Waals surface area contributed by atoms with Crippen LogP contribution in [0.3, 0.4) is 0 Å². The number of benzene rings is 1. The van der Waals surface area contributed by atoms with Crippen LogP contribution in [0.15, 0.2) is 24.3 Å². The van der Waals surface area contributed by atoms with Gasteiger partial charge in [-0.25, -0.2) is 4.39 Å². The van der Waals surface area contributed by atoms with Gasteiger partial charge in [-0.05, 0) is 39.8 Å². The number of rotatable bonds is 3. The van der Waals surface area contributed by atoms with Crippen LogP contribution in [0.5, 0.6) is 0 Å². The Bertz CT molecular complexity index is 564. The van der Waals surface area contributed by atoms with Gasteiger partial charge in [0.05, 0.1) is 11.1 Å². The number of halogens is 1. The third kappa shape index (κ3) is 2.41. The lowest BCUT2D eigenvalue weighted by atomic mass is 10.0. The largest absolute Gasteiger partial charge is 0.390 e. The lowest BCUT2D eigenvalue weighted by Crippen LogP contribution is -2.24. The van der Waals surface area contributed by atoms with Crippen LogP contribution in [-0.4, -0.2) is 15.3 Å². The van der Waals surface area contributed by atoms with Crippen molar-refractivity contribution in [2.24, 2.45) is 0 Å². The Morgan fingerprint density at radius 3 is 2.56 bits per heavy atom. The van der Waals surface area contributed by atoms with Crippen molar-refractivity contribution in [3.05, 3.63) is 35.8 Å². The van der Waals surface area contributed by atoms with E-state index < -0.39 is 5.60 Å². The predicted molar refractivity (Wildman–Crippen MR) is 72.3 cm³/mol. The van der Waals surface area contributed by atoms with Gasteiger partial charge < -0.3 is 9.67 Å². The van der Waals surface area contributed by atoms with Crippen LogP contribution >= 0.6 is 0 Å². The molecule has 0 radical (unpaired) electrons. The van der Waals surface area contributed by atoms with Crippen LogP contribution < -0.4 is 0 Å². The summed E-state index contributed by atoms with van der Waals surface area (Å²) in [7, 11) is 0. The Morgan fingerprint density at radius 1 is 1.33 bits per heavy atom. The molecule has 0 saturated carbocycles. The van der Waals surface area contributed by atoms with E-state index in [2.05, 4.69) is 0 Å². The molecule has 2 aromatic rings. The number of fused-ring (bicyclic) bond motifs is 1. The molecule has 0 atom stereocenters. The summed E-state index contributed by atoms with van der Waals surface area (Å²) in [4.78, 5) is 0. The maximum absolute atomic E-state index is 14.0. The van der Waals surface area contributed by atoms with Crippen molar-refractivity contribution in [1.29, 1.82) is 0 Å². The van der Waals surface area contributed by atoms with E-state index in [-0.39, 0.29) is 11.9 Å². The highest BCUT2D eigenvalue weighted by Crippen LogP contribution is 2.28. The third-order valence-corrected chi connectivity index (χ3v) is 3.02. The summed E-state index contributed by atoms with van der Waals surface area (Å²) >= 11 is 0. The summed E-state index contributed by atoms with van der Waals surface area (Å²) in [5, 5.41) is 10.9. The van der Waals surface area contributed by atoms with E-state index in [1.807, 2.05) is 30.5 Å². The number of aromatic nitrogens is 1. The zero-order chi connectivity index (χ0) is 13.5. The Hall–Kier alpha value is -1.35. The van der Waals surface area contributed by atoms with Crippen LogP contribution in [0.1, 0.15) is 39.4 Å². The first-order chi connectivity index (χ1) is 8.29. The molecule has 0 aliphatic carbocycles. The van der Waals surface area contributed by atoms with E-state index in [1.54, 1.807) is 19.9 Å². The van der Waals surface area contributed by atoms with Gasteiger partial charge in [0.15, 0.2) is 0 Å². The van der Waals surface area contributed by atoms with E-state index in [0.717, 1.165) is 11.1 Å². The summed E-state index contributed by atoms with van der Waals surface area (Å²) < 4.78 is 15.9. The average Bonchev–Trinajstić information content (AvgIpc) is 2.54. The lowest BCUT2D eigenvalue weighted by Gasteiger charge is -2.21. The molecule has 2 rings (SSSR count). The van der Waals surface area contributed by atoms with Gasteiger partial charge >= 0.3 is 0 Å². The van der Waals surface area contributed by atoms with E-state index in [1.165, 1.54) is 6.07 Å². The van der Waals surface area contributed by atoms with Crippen LogP contribution in [0.4, 0.5) is 4.39 Å². The normalized spacial score (nSPS) is 12.6. The Labute approximate surface area is 107 Å². The molecule has 1 N–H and O–H groups in total. The van der Waals surface area contributed by atoms with Crippen molar-refractivity contribution in [2.45, 2.75) is 45.8 Å². The molecule has 0 unspecified atom stereocenters. The molecular formula is C15H20FNO. The van der Waals surface area contributed by atoms with Crippen LogP contribution in [0.2, 0.25) is 0 Å². The maximum Gasteiger partial charge on any atom is 0.147 e. The highest BCUT2D eigenvalue weighted by molar-refractivity contribution is 5.82. The van der Waals surface area contributed by atoms with Crippen molar-refractivity contribution in [3.8, 4) is 0 Å². The van der Waals surface area contributed by atoms with Crippen molar-refractivity contribution in [1.82, 2.24) is 4.57 Å². The second-order valence-corrected chi connectivity index (χ2v) is 5.77. The van der Waals surface area contributed by atoms with Gasteiger partial charge in [0, 0.05) is 23.5 Å². The molecule has 0 bridgehead atoms. The molecule has 3 heteroatoms. The van der Waals surface area contributed by atoms with Gasteiger partial charge in [0.25, 0.3) is 0 Å². The van der Waals surface area contributed by atoms with Crippen molar-refractivity contribution in [2.75, 3.05) is 0 Å². The molecular weight excluding hydrogens is 229 g/mol. The van der Waals surface area contributed by atoms with Gasteiger partial charge in [-0.15, -0.1) is 0 Å². The summed E-state index contributed by atoms with van der Waals surface area (Å²) in [5.41, 5.74) is 0.807. The van der Waals surface area contributed by atoms with Gasteiger partial charge in [0.1, 0.15) is 5.82 Å². The van der Waals surface area contributed by atoms with E-state index in [9.17, 15) is 9.50 Å². The van der Waals surface area contributed by atoms with Crippen LogP contribution in [0.25, 0.3) is 10.9 Å². The van der Waals surface area contributed by atoms with Crippen molar-refractivity contribution < 1.29 is 9.50 Å². The Morgan fingerprint density at radius 2 is 2.00 bits per heavy atom. The molecule has 1 aromatic carbocycles. The predicted octanol–water partition coefficient (Wildman–Crippen LogP) is 3.67. The lowest BCUT2D eigenvalue weighted by molar-refractivity contribution is 0.0788. The summed E-state index contributed by atoms with van der Waals surface area (Å²) in [5.74, 6) is -0.205. The fourth-order valence-corrected chi connectivity index (χ4v) is 2.46. The standard InChI is InChI=1S/C15H20FNO/c1-10(2)17-12(9-15(3,4)18)8-11-6-5-7-13(16)14(11)17/h5-8,10,18H,9H2,1-4H3. The fraction of sp³-hybridized carbons (Fsp3) is 0.467. The minimum absolute atomic E-state index is 0.164. The van der Waals surface area contributed by atoms with Crippen molar-refractivity contribution in [3.63, 3.8) is 0 Å². The maximum atomic E-state index is 14.0. The van der Waals surface area contributed by atoms with E-state index in [4.69, 9.17) is 0 Å². The van der Waals surface area contributed by atoms with Gasteiger partial charge in [0.2, 0.25) is 0 Å². The molecule has 1 heterocycles. The van der Waals surface area contributed by atoms with Gasteiger partial charge in [-0.3, -0.25) is 0 Å². The highest BCUT2D eigenvalue weighted by atomic mass is 19.1. The molecule has 18 heavy (non-hydrogen) atoms. The summed E-state index contributed by atoms with van der Waals surface area (Å²) in [6.07, 6.45) is 0.513. The quantitative estimate of drug-likeness (QED) is 0.882. The fourth-order valence-electron chi connectivity index (χ4n) is 2.46. The summed E-state index contributed by atoms with van der Waals surface area (Å²) in [6, 6.07) is 7.24. The number of aliphatic hydroxyl groups is 1. The molecule has 0 saturated heterocycles. The topological polar surface area (TPSA) is 25.2 Å². The first kappa shape index (κ1) is 13.1. The van der Waals surface area contributed by atoms with Crippen LogP contribution in [0, 0.1) is 5.82 Å². The molecule has 2 nitrogen and oxygen atoms in total. The highest BCUT2D eigenvalue weighted by Gasteiger charge is 2.20. The van der Waals surface area contributed by atoms with Crippen LogP contribution in [-0.2, 0) is 6.42 Å². The molecule has 0 amide bonds. The molecule has 1 aromatic heterocycles. The molecule has 98 valence electrons. The first-order valence-electron chi connectivity index (χ1n) is 6.30. The number of hydrogen-bond acceptors (Lipinski definition) is 1. The zero-order valence-electron chi connectivity index (χ0n) is 11.4. The molecule has 0 spiro atoms. The number of hydrogen-bond donors (Lipinski definition) is 1. The van der Waals surface area contributed by atoms with Crippen molar-refractivity contribution >= 4 is 10.9 Å².